The summed E-state index contributed by atoms with van der Waals surface area (Å²) in [5.41, 5.74) is 0.920. The molecule has 0 N–H and O–H groups in total. The second-order valence-electron chi connectivity index (χ2n) is 3.14. The number of ether oxygens (including phenoxy) is 1. The van der Waals surface area contributed by atoms with Gasteiger partial charge in [0.1, 0.15) is 11.3 Å². The molecular formula is C10H13N3O. The van der Waals surface area contributed by atoms with E-state index in [1.165, 1.54) is 0 Å². The highest BCUT2D eigenvalue weighted by Gasteiger charge is 2.02. The number of pyridine rings is 1. The lowest BCUT2D eigenvalue weighted by Crippen LogP contribution is -1.98. The van der Waals surface area contributed by atoms with Crippen molar-refractivity contribution < 1.29 is 4.74 Å². The van der Waals surface area contributed by atoms with E-state index in [4.69, 9.17) is 4.74 Å². The van der Waals surface area contributed by atoms with E-state index >= 15 is 0 Å². The molecule has 14 heavy (non-hydrogen) atoms. The van der Waals surface area contributed by atoms with E-state index in [1.54, 1.807) is 10.7 Å². The number of unbranched alkanes of at least 4 members (excludes halogenated alkanes) is 1. The zero-order valence-corrected chi connectivity index (χ0v) is 8.18. The zero-order chi connectivity index (χ0) is 9.80. The molecule has 2 aromatic heterocycles. The monoisotopic (exact) mass is 191 g/mol. The predicted octanol–water partition coefficient (Wildman–Crippen LogP) is 1.91. The van der Waals surface area contributed by atoms with Crippen molar-refractivity contribution in [3.8, 4) is 5.75 Å². The molecule has 0 radical (unpaired) electrons. The number of hydrogen-bond acceptors (Lipinski definition) is 3. The summed E-state index contributed by atoms with van der Waals surface area (Å²) >= 11 is 0. The van der Waals surface area contributed by atoms with Gasteiger partial charge in [0, 0.05) is 6.20 Å². The molecule has 0 unspecified atom stereocenters. The summed E-state index contributed by atoms with van der Waals surface area (Å²) in [5, 5.41) is 7.72. The summed E-state index contributed by atoms with van der Waals surface area (Å²) in [6, 6.07) is 3.84. The van der Waals surface area contributed by atoms with Gasteiger partial charge >= 0.3 is 0 Å². The second kappa shape index (κ2) is 4.09. The first-order chi connectivity index (χ1) is 6.92. The van der Waals surface area contributed by atoms with Gasteiger partial charge in [-0.15, -0.1) is 5.10 Å². The Balaban J connectivity index is 2.19. The van der Waals surface area contributed by atoms with Crippen LogP contribution in [-0.4, -0.2) is 21.4 Å². The smallest absolute Gasteiger partial charge is 0.146 e. The van der Waals surface area contributed by atoms with Crippen LogP contribution in [0.5, 0.6) is 5.75 Å². The Bertz CT molecular complexity index is 410. The lowest BCUT2D eigenvalue weighted by atomic mass is 10.3. The molecule has 0 saturated carbocycles. The van der Waals surface area contributed by atoms with E-state index in [2.05, 4.69) is 17.2 Å². The fourth-order valence-corrected chi connectivity index (χ4v) is 1.28. The molecule has 0 spiro atoms. The van der Waals surface area contributed by atoms with Crippen molar-refractivity contribution in [2.24, 2.45) is 0 Å². The van der Waals surface area contributed by atoms with Gasteiger partial charge in [0.05, 0.1) is 12.8 Å². The largest absolute Gasteiger partial charge is 0.491 e. The Morgan fingerprint density at radius 2 is 2.43 bits per heavy atom. The highest BCUT2D eigenvalue weighted by molar-refractivity contribution is 5.57. The predicted molar refractivity (Wildman–Crippen MR) is 53.4 cm³/mol. The summed E-state index contributed by atoms with van der Waals surface area (Å²) in [6.07, 6.45) is 5.78. The van der Waals surface area contributed by atoms with Gasteiger partial charge < -0.3 is 4.74 Å². The lowest BCUT2D eigenvalue weighted by molar-refractivity contribution is 0.311. The average molecular weight is 191 g/mol. The Morgan fingerprint density at radius 3 is 3.29 bits per heavy atom. The zero-order valence-electron chi connectivity index (χ0n) is 8.18. The first kappa shape index (κ1) is 8.99. The molecule has 4 nitrogen and oxygen atoms in total. The Hall–Kier alpha value is -1.58. The maximum atomic E-state index is 5.62. The molecule has 74 valence electrons. The molecule has 2 heterocycles. The minimum absolute atomic E-state index is 0.751. The highest BCUT2D eigenvalue weighted by Crippen LogP contribution is 2.17. The maximum Gasteiger partial charge on any atom is 0.146 e. The van der Waals surface area contributed by atoms with Crippen LogP contribution in [-0.2, 0) is 0 Å². The molecule has 0 fully saturated rings. The van der Waals surface area contributed by atoms with Crippen molar-refractivity contribution in [3.05, 3.63) is 24.5 Å². The first-order valence-electron chi connectivity index (χ1n) is 4.83. The molecular weight excluding hydrogens is 178 g/mol. The van der Waals surface area contributed by atoms with Crippen LogP contribution in [0.3, 0.4) is 0 Å². The van der Waals surface area contributed by atoms with Crippen molar-refractivity contribution in [3.63, 3.8) is 0 Å². The molecule has 4 heteroatoms. The lowest BCUT2D eigenvalue weighted by Gasteiger charge is -2.05. The fraction of sp³-hybridized carbons (Fsp3) is 0.400. The van der Waals surface area contributed by atoms with E-state index in [0.29, 0.717) is 0 Å². The van der Waals surface area contributed by atoms with Crippen LogP contribution in [0.4, 0.5) is 0 Å². The van der Waals surface area contributed by atoms with Gasteiger partial charge in [0.2, 0.25) is 0 Å². The number of nitrogens with zero attached hydrogens (tertiary/aromatic N) is 3. The van der Waals surface area contributed by atoms with Crippen molar-refractivity contribution >= 4 is 5.52 Å². The van der Waals surface area contributed by atoms with Crippen LogP contribution in [0.2, 0.25) is 0 Å². The SMILES string of the molecule is CCCCOc1cccn2nncc12. The number of hydrogen-bond donors (Lipinski definition) is 0. The molecule has 0 aromatic carbocycles. The minimum Gasteiger partial charge on any atom is -0.491 e. The summed E-state index contributed by atoms with van der Waals surface area (Å²) in [5.74, 6) is 0.853. The van der Waals surface area contributed by atoms with Crippen LogP contribution in [0.15, 0.2) is 24.5 Å². The molecule has 0 aliphatic heterocycles. The Morgan fingerprint density at radius 1 is 1.50 bits per heavy atom. The first-order valence-corrected chi connectivity index (χ1v) is 4.83. The molecule has 0 amide bonds. The Labute approximate surface area is 82.5 Å². The van der Waals surface area contributed by atoms with Gasteiger partial charge in [-0.1, -0.05) is 18.6 Å². The third-order valence-electron chi connectivity index (χ3n) is 2.06. The van der Waals surface area contributed by atoms with Crippen molar-refractivity contribution in [1.29, 1.82) is 0 Å². The van der Waals surface area contributed by atoms with Crippen LogP contribution in [0, 0.1) is 0 Å². The standard InChI is InChI=1S/C10H13N3O/c1-2-3-7-14-10-5-4-6-13-9(10)8-11-12-13/h4-6,8H,2-3,7H2,1H3. The van der Waals surface area contributed by atoms with Crippen LogP contribution in [0.25, 0.3) is 5.52 Å². The number of aromatic nitrogens is 3. The molecule has 0 bridgehead atoms. The third-order valence-corrected chi connectivity index (χ3v) is 2.06. The van der Waals surface area contributed by atoms with E-state index in [0.717, 1.165) is 30.7 Å². The maximum absolute atomic E-state index is 5.62. The van der Waals surface area contributed by atoms with Crippen molar-refractivity contribution in [1.82, 2.24) is 14.8 Å². The normalized spacial score (nSPS) is 10.6. The van der Waals surface area contributed by atoms with E-state index < -0.39 is 0 Å². The van der Waals surface area contributed by atoms with Crippen LogP contribution < -0.4 is 4.74 Å². The Kier molecular flexibility index (Phi) is 2.62. The number of fused-ring (bicyclic) bond motifs is 1. The van der Waals surface area contributed by atoms with Crippen molar-refractivity contribution in [2.45, 2.75) is 19.8 Å². The van der Waals surface area contributed by atoms with Gasteiger partial charge in [-0.25, -0.2) is 4.52 Å². The summed E-state index contributed by atoms with van der Waals surface area (Å²) < 4.78 is 7.33. The van der Waals surface area contributed by atoms with Crippen LogP contribution >= 0.6 is 0 Å². The van der Waals surface area contributed by atoms with Gasteiger partial charge in [-0.3, -0.25) is 0 Å². The molecule has 0 aliphatic carbocycles. The molecule has 0 aliphatic rings. The summed E-state index contributed by atoms with van der Waals surface area (Å²) in [7, 11) is 0. The highest BCUT2D eigenvalue weighted by atomic mass is 16.5. The minimum atomic E-state index is 0.751. The van der Waals surface area contributed by atoms with Gasteiger partial charge in [0.25, 0.3) is 0 Å². The fourth-order valence-electron chi connectivity index (χ4n) is 1.28. The topological polar surface area (TPSA) is 39.4 Å². The summed E-state index contributed by atoms with van der Waals surface area (Å²) in [4.78, 5) is 0. The van der Waals surface area contributed by atoms with E-state index in [9.17, 15) is 0 Å². The van der Waals surface area contributed by atoms with Gasteiger partial charge in [-0.2, -0.15) is 0 Å². The van der Waals surface area contributed by atoms with E-state index in [1.807, 2.05) is 18.3 Å². The third kappa shape index (κ3) is 1.69. The molecule has 0 atom stereocenters. The molecule has 2 aromatic rings. The van der Waals surface area contributed by atoms with Gasteiger partial charge in [-0.05, 0) is 18.6 Å². The molecule has 0 saturated heterocycles. The van der Waals surface area contributed by atoms with Crippen molar-refractivity contribution in [2.75, 3.05) is 6.61 Å². The number of rotatable bonds is 4. The van der Waals surface area contributed by atoms with Gasteiger partial charge in [0.15, 0.2) is 0 Å². The molecule has 2 rings (SSSR count). The summed E-state index contributed by atoms with van der Waals surface area (Å²) in [6.45, 7) is 2.89. The quantitative estimate of drug-likeness (QED) is 0.693. The van der Waals surface area contributed by atoms with Crippen LogP contribution in [0.1, 0.15) is 19.8 Å². The van der Waals surface area contributed by atoms with E-state index in [-0.39, 0.29) is 0 Å². The second-order valence-corrected chi connectivity index (χ2v) is 3.14. The average Bonchev–Trinajstić information content (AvgIpc) is 2.67.